The van der Waals surface area contributed by atoms with Crippen molar-refractivity contribution in [2.24, 2.45) is 0 Å². The first kappa shape index (κ1) is 13.8. The van der Waals surface area contributed by atoms with E-state index in [1.165, 1.54) is 5.56 Å². The van der Waals surface area contributed by atoms with E-state index in [2.05, 4.69) is 32.0 Å². The van der Waals surface area contributed by atoms with E-state index in [1.807, 2.05) is 12.1 Å². The highest BCUT2D eigenvalue weighted by Crippen LogP contribution is 2.23. The van der Waals surface area contributed by atoms with E-state index < -0.39 is 0 Å². The van der Waals surface area contributed by atoms with Gasteiger partial charge in [0.1, 0.15) is 5.75 Å². The molecule has 0 aliphatic carbocycles. The second-order valence-electron chi connectivity index (χ2n) is 4.63. The first-order valence-corrected chi connectivity index (χ1v) is 6.29. The molecule has 3 nitrogen and oxygen atoms in total. The quantitative estimate of drug-likeness (QED) is 0.739. The molecule has 3 heteroatoms. The molecule has 0 unspecified atom stereocenters. The van der Waals surface area contributed by atoms with Crippen molar-refractivity contribution in [3.05, 3.63) is 23.8 Å². The molecule has 0 radical (unpaired) electrons. The van der Waals surface area contributed by atoms with Crippen LogP contribution in [-0.4, -0.2) is 32.1 Å². The predicted molar refractivity (Wildman–Crippen MR) is 73.5 cm³/mol. The average molecular weight is 236 g/mol. The number of ether oxygens (including phenoxy) is 1. The first-order chi connectivity index (χ1) is 8.13. The van der Waals surface area contributed by atoms with Crippen LogP contribution in [0.1, 0.15) is 25.3 Å². The van der Waals surface area contributed by atoms with Crippen LogP contribution >= 0.6 is 0 Å². The SMILES string of the molecule is CCCOc1ccc(CCCN(C)C)cc1N. The molecule has 0 atom stereocenters. The Balaban J connectivity index is 2.50. The molecule has 0 aliphatic heterocycles. The van der Waals surface area contributed by atoms with Gasteiger partial charge < -0.3 is 15.4 Å². The Morgan fingerprint density at radius 2 is 2.06 bits per heavy atom. The van der Waals surface area contributed by atoms with Crippen molar-refractivity contribution in [3.8, 4) is 5.75 Å². The molecule has 0 saturated carbocycles. The van der Waals surface area contributed by atoms with Crippen LogP contribution in [0.15, 0.2) is 18.2 Å². The van der Waals surface area contributed by atoms with Gasteiger partial charge in [-0.15, -0.1) is 0 Å². The van der Waals surface area contributed by atoms with Gasteiger partial charge in [-0.2, -0.15) is 0 Å². The lowest BCUT2D eigenvalue weighted by Gasteiger charge is -2.11. The van der Waals surface area contributed by atoms with Crippen LogP contribution in [0.3, 0.4) is 0 Å². The van der Waals surface area contributed by atoms with Crippen LogP contribution in [0, 0.1) is 0 Å². The van der Waals surface area contributed by atoms with E-state index in [9.17, 15) is 0 Å². The molecule has 0 amide bonds. The number of hydrogen-bond donors (Lipinski definition) is 1. The summed E-state index contributed by atoms with van der Waals surface area (Å²) < 4.78 is 5.55. The number of benzene rings is 1. The van der Waals surface area contributed by atoms with Gasteiger partial charge in [0, 0.05) is 0 Å². The Kier molecular flexibility index (Phi) is 5.84. The van der Waals surface area contributed by atoms with Crippen LogP contribution in [0.2, 0.25) is 0 Å². The van der Waals surface area contributed by atoms with Gasteiger partial charge in [0.25, 0.3) is 0 Å². The summed E-state index contributed by atoms with van der Waals surface area (Å²) in [4.78, 5) is 2.20. The van der Waals surface area contributed by atoms with Crippen molar-refractivity contribution in [2.75, 3.05) is 33.0 Å². The summed E-state index contributed by atoms with van der Waals surface area (Å²) in [5.41, 5.74) is 7.99. The molecule has 0 aromatic heterocycles. The number of rotatable bonds is 7. The largest absolute Gasteiger partial charge is 0.491 e. The number of anilines is 1. The van der Waals surface area contributed by atoms with Crippen LogP contribution < -0.4 is 10.5 Å². The second kappa shape index (κ2) is 7.17. The molecule has 2 N–H and O–H groups in total. The summed E-state index contributed by atoms with van der Waals surface area (Å²) in [6, 6.07) is 6.12. The molecule has 0 fully saturated rings. The van der Waals surface area contributed by atoms with Crippen molar-refractivity contribution in [1.29, 1.82) is 0 Å². The summed E-state index contributed by atoms with van der Waals surface area (Å²) in [5.74, 6) is 0.809. The molecule has 0 saturated heterocycles. The minimum Gasteiger partial charge on any atom is -0.491 e. The van der Waals surface area contributed by atoms with E-state index in [-0.39, 0.29) is 0 Å². The van der Waals surface area contributed by atoms with Crippen LogP contribution in [-0.2, 0) is 6.42 Å². The molecule has 0 bridgehead atoms. The minimum absolute atomic E-state index is 0.726. The maximum absolute atomic E-state index is 5.96. The fourth-order valence-electron chi connectivity index (χ4n) is 1.70. The fraction of sp³-hybridized carbons (Fsp3) is 0.571. The van der Waals surface area contributed by atoms with Gasteiger partial charge in [-0.3, -0.25) is 0 Å². The van der Waals surface area contributed by atoms with E-state index in [1.54, 1.807) is 0 Å². The van der Waals surface area contributed by atoms with Crippen LogP contribution in [0.25, 0.3) is 0 Å². The number of nitrogen functional groups attached to an aromatic ring is 1. The Hall–Kier alpha value is -1.22. The zero-order valence-electron chi connectivity index (χ0n) is 11.2. The van der Waals surface area contributed by atoms with Gasteiger partial charge in [-0.25, -0.2) is 0 Å². The molecular formula is C14H24N2O. The van der Waals surface area contributed by atoms with Gasteiger partial charge in [0.15, 0.2) is 0 Å². The maximum atomic E-state index is 5.96. The molecule has 1 rings (SSSR count). The Bertz CT molecular complexity index is 337. The standard InChI is InChI=1S/C14H24N2O/c1-4-10-17-14-8-7-12(11-13(14)15)6-5-9-16(2)3/h7-8,11H,4-6,9-10,15H2,1-3H3. The molecule has 0 heterocycles. The van der Waals surface area contributed by atoms with Gasteiger partial charge >= 0.3 is 0 Å². The van der Waals surface area contributed by atoms with E-state index in [4.69, 9.17) is 10.5 Å². The zero-order chi connectivity index (χ0) is 12.7. The lowest BCUT2D eigenvalue weighted by Crippen LogP contribution is -2.13. The van der Waals surface area contributed by atoms with Crippen molar-refractivity contribution < 1.29 is 4.74 Å². The predicted octanol–water partition coefficient (Wildman–Crippen LogP) is 2.55. The molecular weight excluding hydrogens is 212 g/mol. The number of aryl methyl sites for hydroxylation is 1. The third kappa shape index (κ3) is 5.09. The van der Waals surface area contributed by atoms with Crippen molar-refractivity contribution in [3.63, 3.8) is 0 Å². The molecule has 1 aromatic rings. The molecule has 1 aromatic carbocycles. The lowest BCUT2D eigenvalue weighted by molar-refractivity contribution is 0.319. The monoisotopic (exact) mass is 236 g/mol. The van der Waals surface area contributed by atoms with Gasteiger partial charge in [0.05, 0.1) is 12.3 Å². The average Bonchev–Trinajstić information content (AvgIpc) is 2.27. The summed E-state index contributed by atoms with van der Waals surface area (Å²) >= 11 is 0. The highest BCUT2D eigenvalue weighted by molar-refractivity contribution is 5.54. The summed E-state index contributed by atoms with van der Waals surface area (Å²) in [6.45, 7) is 3.92. The molecule has 0 aliphatic rings. The summed E-state index contributed by atoms with van der Waals surface area (Å²) in [7, 11) is 4.19. The fourth-order valence-corrected chi connectivity index (χ4v) is 1.70. The number of nitrogens with two attached hydrogens (primary N) is 1. The maximum Gasteiger partial charge on any atom is 0.142 e. The van der Waals surface area contributed by atoms with E-state index in [0.717, 1.165) is 43.9 Å². The number of nitrogens with zero attached hydrogens (tertiary/aromatic N) is 1. The lowest BCUT2D eigenvalue weighted by atomic mass is 10.1. The highest BCUT2D eigenvalue weighted by Gasteiger charge is 2.02. The summed E-state index contributed by atoms with van der Waals surface area (Å²) in [5, 5.41) is 0. The van der Waals surface area contributed by atoms with Crippen molar-refractivity contribution in [1.82, 2.24) is 4.90 Å². The Labute approximate surface area is 105 Å². The van der Waals surface area contributed by atoms with Crippen LogP contribution in [0.4, 0.5) is 5.69 Å². The highest BCUT2D eigenvalue weighted by atomic mass is 16.5. The van der Waals surface area contributed by atoms with E-state index >= 15 is 0 Å². The Morgan fingerprint density at radius 1 is 1.29 bits per heavy atom. The Morgan fingerprint density at radius 3 is 2.65 bits per heavy atom. The normalized spacial score (nSPS) is 10.8. The topological polar surface area (TPSA) is 38.5 Å². The van der Waals surface area contributed by atoms with Crippen molar-refractivity contribution in [2.45, 2.75) is 26.2 Å². The summed E-state index contributed by atoms with van der Waals surface area (Å²) in [6.07, 6.45) is 3.22. The zero-order valence-corrected chi connectivity index (χ0v) is 11.2. The van der Waals surface area contributed by atoms with Gasteiger partial charge in [0.2, 0.25) is 0 Å². The molecule has 96 valence electrons. The first-order valence-electron chi connectivity index (χ1n) is 6.29. The van der Waals surface area contributed by atoms with Gasteiger partial charge in [-0.05, 0) is 57.6 Å². The number of hydrogen-bond acceptors (Lipinski definition) is 3. The van der Waals surface area contributed by atoms with E-state index in [0.29, 0.717) is 0 Å². The smallest absolute Gasteiger partial charge is 0.142 e. The third-order valence-electron chi connectivity index (χ3n) is 2.61. The minimum atomic E-state index is 0.726. The second-order valence-corrected chi connectivity index (χ2v) is 4.63. The van der Waals surface area contributed by atoms with Crippen molar-refractivity contribution >= 4 is 5.69 Å². The molecule has 17 heavy (non-hydrogen) atoms. The van der Waals surface area contributed by atoms with Gasteiger partial charge in [-0.1, -0.05) is 13.0 Å². The van der Waals surface area contributed by atoms with Crippen LogP contribution in [0.5, 0.6) is 5.75 Å². The molecule has 0 spiro atoms. The third-order valence-corrected chi connectivity index (χ3v) is 2.61.